The van der Waals surface area contributed by atoms with E-state index in [1.54, 1.807) is 6.07 Å². The highest BCUT2D eigenvalue weighted by Gasteiger charge is 2.11. The van der Waals surface area contributed by atoms with Crippen LogP contribution in [0.1, 0.15) is 5.56 Å². The van der Waals surface area contributed by atoms with Crippen molar-refractivity contribution < 1.29 is 9.84 Å². The summed E-state index contributed by atoms with van der Waals surface area (Å²) in [6.07, 6.45) is 0. The topological polar surface area (TPSA) is 46.5 Å². The standard InChI is InChI=1S/C11H10O3S/c1-6-3-4-8-7(5-6)9(12)10(13)11(14-2)15-8/h3-5,13H,1-2H3. The van der Waals surface area contributed by atoms with Crippen molar-refractivity contribution in [3.8, 4) is 10.8 Å². The van der Waals surface area contributed by atoms with Crippen LogP contribution in [0.3, 0.4) is 0 Å². The molecule has 3 nitrogen and oxygen atoms in total. The van der Waals surface area contributed by atoms with E-state index in [1.165, 1.54) is 18.4 Å². The molecule has 0 aliphatic rings. The van der Waals surface area contributed by atoms with Gasteiger partial charge in [-0.25, -0.2) is 0 Å². The van der Waals surface area contributed by atoms with Crippen molar-refractivity contribution in [2.24, 2.45) is 0 Å². The van der Waals surface area contributed by atoms with Crippen LogP contribution in [-0.4, -0.2) is 12.2 Å². The number of methoxy groups -OCH3 is 1. The maximum atomic E-state index is 11.7. The molecule has 0 saturated carbocycles. The summed E-state index contributed by atoms with van der Waals surface area (Å²) in [4.78, 5) is 11.7. The summed E-state index contributed by atoms with van der Waals surface area (Å²) in [5.41, 5.74) is 0.626. The number of ether oxygens (including phenoxy) is 1. The van der Waals surface area contributed by atoms with Crippen molar-refractivity contribution in [2.75, 3.05) is 7.11 Å². The van der Waals surface area contributed by atoms with Crippen LogP contribution in [0.25, 0.3) is 10.1 Å². The van der Waals surface area contributed by atoms with Gasteiger partial charge in [0.05, 0.1) is 7.11 Å². The van der Waals surface area contributed by atoms with Crippen molar-refractivity contribution in [1.82, 2.24) is 0 Å². The third-order valence-corrected chi connectivity index (χ3v) is 3.30. The Labute approximate surface area is 90.6 Å². The molecule has 0 atom stereocenters. The molecule has 4 heteroatoms. The molecule has 0 unspecified atom stereocenters. The van der Waals surface area contributed by atoms with E-state index in [2.05, 4.69) is 0 Å². The Kier molecular flexibility index (Phi) is 2.36. The molecule has 0 aliphatic heterocycles. The van der Waals surface area contributed by atoms with Crippen molar-refractivity contribution >= 4 is 21.4 Å². The molecule has 0 amide bonds. The van der Waals surface area contributed by atoms with Gasteiger partial charge in [0.1, 0.15) is 0 Å². The summed E-state index contributed by atoms with van der Waals surface area (Å²) in [7, 11) is 1.44. The Bertz CT molecular complexity index is 572. The smallest absolute Gasteiger partial charge is 0.233 e. The van der Waals surface area contributed by atoms with Crippen molar-refractivity contribution in [3.63, 3.8) is 0 Å². The monoisotopic (exact) mass is 222 g/mol. The average Bonchev–Trinajstić information content (AvgIpc) is 2.24. The number of aryl methyl sites for hydroxylation is 1. The number of hydrogen-bond donors (Lipinski definition) is 1. The molecule has 1 aromatic carbocycles. The van der Waals surface area contributed by atoms with Gasteiger partial charge in [-0.1, -0.05) is 23.0 Å². The van der Waals surface area contributed by atoms with E-state index in [0.717, 1.165) is 10.3 Å². The van der Waals surface area contributed by atoms with Crippen molar-refractivity contribution in [3.05, 3.63) is 34.0 Å². The van der Waals surface area contributed by atoms with Gasteiger partial charge in [0, 0.05) is 10.1 Å². The summed E-state index contributed by atoms with van der Waals surface area (Å²) in [5, 5.41) is 10.4. The second kappa shape index (κ2) is 3.55. The molecule has 1 N–H and O–H groups in total. The minimum atomic E-state index is -0.371. The van der Waals surface area contributed by atoms with E-state index in [4.69, 9.17) is 4.74 Å². The first kappa shape index (κ1) is 9.98. The van der Waals surface area contributed by atoms with Gasteiger partial charge in [0.15, 0.2) is 0 Å². The number of hydrogen-bond acceptors (Lipinski definition) is 4. The zero-order valence-corrected chi connectivity index (χ0v) is 9.22. The number of rotatable bonds is 1. The Balaban J connectivity index is 2.91. The van der Waals surface area contributed by atoms with Crippen molar-refractivity contribution in [1.29, 1.82) is 0 Å². The first-order valence-electron chi connectivity index (χ1n) is 4.44. The Morgan fingerprint density at radius 2 is 2.13 bits per heavy atom. The van der Waals surface area contributed by atoms with E-state index in [1.807, 2.05) is 19.1 Å². The summed E-state index contributed by atoms with van der Waals surface area (Å²) in [5.74, 6) is -0.305. The SMILES string of the molecule is COc1sc2ccc(C)cc2c(=O)c1O. The van der Waals surface area contributed by atoms with Crippen LogP contribution in [0.4, 0.5) is 0 Å². The lowest BCUT2D eigenvalue weighted by Crippen LogP contribution is -2.01. The van der Waals surface area contributed by atoms with Crippen LogP contribution in [0.2, 0.25) is 0 Å². The lowest BCUT2D eigenvalue weighted by molar-refractivity contribution is 0.382. The molecule has 0 fully saturated rings. The average molecular weight is 222 g/mol. The van der Waals surface area contributed by atoms with E-state index in [-0.39, 0.29) is 16.2 Å². The zero-order valence-electron chi connectivity index (χ0n) is 8.40. The van der Waals surface area contributed by atoms with Crippen LogP contribution in [0.15, 0.2) is 23.0 Å². The molecule has 0 bridgehead atoms. The van der Waals surface area contributed by atoms with Gasteiger partial charge in [-0.2, -0.15) is 0 Å². The fourth-order valence-corrected chi connectivity index (χ4v) is 2.29. The summed E-state index contributed by atoms with van der Waals surface area (Å²) in [6, 6.07) is 5.56. The maximum absolute atomic E-state index is 11.7. The first-order chi connectivity index (χ1) is 7.13. The van der Waals surface area contributed by atoms with E-state index in [0.29, 0.717) is 5.39 Å². The Morgan fingerprint density at radius 3 is 2.80 bits per heavy atom. The molecular formula is C11H10O3S. The number of fused-ring (bicyclic) bond motifs is 1. The largest absolute Gasteiger partial charge is 0.501 e. The maximum Gasteiger partial charge on any atom is 0.233 e. The van der Waals surface area contributed by atoms with Gasteiger partial charge in [0.2, 0.25) is 16.2 Å². The van der Waals surface area contributed by atoms with Crippen LogP contribution in [-0.2, 0) is 0 Å². The van der Waals surface area contributed by atoms with Crippen LogP contribution < -0.4 is 10.2 Å². The number of aromatic hydroxyl groups is 1. The van der Waals surface area contributed by atoms with Gasteiger partial charge in [0.25, 0.3) is 0 Å². The van der Waals surface area contributed by atoms with E-state index >= 15 is 0 Å². The lowest BCUT2D eigenvalue weighted by Gasteiger charge is -2.03. The van der Waals surface area contributed by atoms with E-state index in [9.17, 15) is 9.90 Å². The summed E-state index contributed by atoms with van der Waals surface area (Å²) >= 11 is 1.26. The van der Waals surface area contributed by atoms with Crippen molar-refractivity contribution in [2.45, 2.75) is 6.92 Å². The van der Waals surface area contributed by atoms with Crippen LogP contribution in [0, 0.1) is 6.92 Å². The molecule has 15 heavy (non-hydrogen) atoms. The molecule has 0 spiro atoms. The lowest BCUT2D eigenvalue weighted by atomic mass is 10.2. The fraction of sp³-hybridized carbons (Fsp3) is 0.182. The fourth-order valence-electron chi connectivity index (χ4n) is 1.42. The molecule has 0 radical (unpaired) electrons. The first-order valence-corrected chi connectivity index (χ1v) is 5.25. The van der Waals surface area contributed by atoms with Crippen LogP contribution >= 0.6 is 11.3 Å². The molecule has 1 heterocycles. The highest BCUT2D eigenvalue weighted by Crippen LogP contribution is 2.32. The van der Waals surface area contributed by atoms with Gasteiger partial charge >= 0.3 is 0 Å². The third kappa shape index (κ3) is 1.57. The number of benzene rings is 1. The molecule has 2 rings (SSSR count). The quantitative estimate of drug-likeness (QED) is 0.805. The summed E-state index contributed by atoms with van der Waals surface area (Å²) in [6.45, 7) is 1.91. The molecule has 1 aromatic heterocycles. The molecule has 2 aromatic rings. The Morgan fingerprint density at radius 1 is 1.40 bits per heavy atom. The van der Waals surface area contributed by atoms with Crippen LogP contribution in [0.5, 0.6) is 10.8 Å². The minimum absolute atomic E-state index is 0.261. The second-order valence-corrected chi connectivity index (χ2v) is 4.29. The highest BCUT2D eigenvalue weighted by molar-refractivity contribution is 7.20. The van der Waals surface area contributed by atoms with E-state index < -0.39 is 0 Å². The van der Waals surface area contributed by atoms with Gasteiger partial charge in [-0.05, 0) is 19.1 Å². The summed E-state index contributed by atoms with van der Waals surface area (Å²) < 4.78 is 5.75. The Hall–Kier alpha value is -1.55. The second-order valence-electron chi connectivity index (χ2n) is 3.27. The van der Waals surface area contributed by atoms with Gasteiger partial charge in [-0.15, -0.1) is 0 Å². The molecule has 0 saturated heterocycles. The molecule has 78 valence electrons. The molecular weight excluding hydrogens is 212 g/mol. The van der Waals surface area contributed by atoms with Gasteiger partial charge < -0.3 is 9.84 Å². The minimum Gasteiger partial charge on any atom is -0.501 e. The third-order valence-electron chi connectivity index (χ3n) is 2.18. The zero-order chi connectivity index (χ0) is 11.0. The normalized spacial score (nSPS) is 10.5. The predicted octanol–water partition coefficient (Wildman–Crippen LogP) is 2.28. The predicted molar refractivity (Wildman–Crippen MR) is 61.0 cm³/mol. The molecule has 0 aliphatic carbocycles. The van der Waals surface area contributed by atoms with Gasteiger partial charge in [-0.3, -0.25) is 4.79 Å². The highest BCUT2D eigenvalue weighted by atomic mass is 32.1.